The third-order valence-corrected chi connectivity index (χ3v) is 8.76. The predicted octanol–water partition coefficient (Wildman–Crippen LogP) is 8.30. The quantitative estimate of drug-likeness (QED) is 0.212. The zero-order valence-electron chi connectivity index (χ0n) is 22.1. The number of benzene rings is 5. The van der Waals surface area contributed by atoms with Gasteiger partial charge in [0.2, 0.25) is 5.95 Å². The van der Waals surface area contributed by atoms with Crippen LogP contribution < -0.4 is 0 Å². The van der Waals surface area contributed by atoms with Crippen molar-refractivity contribution in [3.8, 4) is 12.0 Å². The van der Waals surface area contributed by atoms with Crippen LogP contribution in [0.3, 0.4) is 0 Å². The summed E-state index contributed by atoms with van der Waals surface area (Å²) in [6.45, 7) is 0. The summed E-state index contributed by atoms with van der Waals surface area (Å²) < 4.78 is 4.53. The second kappa shape index (κ2) is 7.57. The van der Waals surface area contributed by atoms with E-state index in [1.807, 2.05) is 18.2 Å². The van der Waals surface area contributed by atoms with E-state index < -0.39 is 0 Å². The molecule has 0 unspecified atom stereocenters. The van der Waals surface area contributed by atoms with E-state index in [2.05, 4.69) is 105 Å². The Hall–Kier alpha value is -6.06. The minimum atomic E-state index is 0.313. The first-order valence-corrected chi connectivity index (χ1v) is 13.9. The number of fused-ring (bicyclic) bond motifs is 13. The monoisotopic (exact) mass is 534 g/mol. The molecule has 6 heteroatoms. The van der Waals surface area contributed by atoms with E-state index in [-0.39, 0.29) is 0 Å². The molecule has 5 aromatic heterocycles. The average molecular weight is 535 g/mol. The molecule has 6 nitrogen and oxygen atoms in total. The molecule has 5 aromatic carbocycles. The van der Waals surface area contributed by atoms with Crippen LogP contribution in [-0.2, 0) is 0 Å². The number of aromatic nitrogens is 5. The number of nitrogens with zero attached hydrogens (tertiary/aromatic N) is 6. The van der Waals surface area contributed by atoms with Crippen LogP contribution >= 0.6 is 0 Å². The number of pyridine rings is 1. The van der Waals surface area contributed by atoms with Gasteiger partial charge in [0.15, 0.2) is 11.3 Å². The van der Waals surface area contributed by atoms with Crippen LogP contribution in [0.1, 0.15) is 5.69 Å². The SMILES string of the molecule is N#Cc1nc(-n2c3ccccc3c3c4c5c6ccccc6ccc5n5c6ccccc6c(cc32)c45)nc2ncccc12. The van der Waals surface area contributed by atoms with E-state index in [4.69, 9.17) is 9.97 Å². The zero-order chi connectivity index (χ0) is 27.5. The number of rotatable bonds is 1. The van der Waals surface area contributed by atoms with E-state index in [1.54, 1.807) is 6.20 Å². The summed E-state index contributed by atoms with van der Waals surface area (Å²) in [6.07, 6.45) is 1.70. The minimum Gasteiger partial charge on any atom is -0.308 e. The molecular weight excluding hydrogens is 516 g/mol. The minimum absolute atomic E-state index is 0.313. The van der Waals surface area contributed by atoms with Gasteiger partial charge in [-0.15, -0.1) is 0 Å². The fraction of sp³-hybridized carbons (Fsp3) is 0. The zero-order valence-corrected chi connectivity index (χ0v) is 22.1. The van der Waals surface area contributed by atoms with Crippen LogP contribution in [0.4, 0.5) is 0 Å². The Morgan fingerprint density at radius 3 is 2.19 bits per heavy atom. The summed E-state index contributed by atoms with van der Waals surface area (Å²) in [5.74, 6) is 0.440. The molecule has 0 fully saturated rings. The van der Waals surface area contributed by atoms with Crippen molar-refractivity contribution in [3.05, 3.63) is 115 Å². The van der Waals surface area contributed by atoms with E-state index in [1.165, 1.54) is 48.9 Å². The Bertz CT molecular complexity index is 2810. The molecule has 0 aliphatic heterocycles. The van der Waals surface area contributed by atoms with Gasteiger partial charge in [0.05, 0.1) is 33.0 Å². The van der Waals surface area contributed by atoms with E-state index in [0.717, 1.165) is 21.8 Å². The molecule has 0 bridgehead atoms. The second-order valence-corrected chi connectivity index (χ2v) is 10.8. The molecule has 0 spiro atoms. The molecule has 0 aliphatic rings. The third kappa shape index (κ3) is 2.52. The van der Waals surface area contributed by atoms with Crippen LogP contribution in [0, 0.1) is 11.3 Å². The lowest BCUT2D eigenvalue weighted by Crippen LogP contribution is -2.04. The molecule has 10 aromatic rings. The number of hydrogen-bond donors (Lipinski definition) is 0. The summed E-state index contributed by atoms with van der Waals surface area (Å²) in [4.78, 5) is 14.2. The molecule has 0 N–H and O–H groups in total. The third-order valence-electron chi connectivity index (χ3n) is 8.76. The van der Waals surface area contributed by atoms with E-state index >= 15 is 0 Å². The van der Waals surface area contributed by atoms with Gasteiger partial charge in [-0.2, -0.15) is 10.2 Å². The lowest BCUT2D eigenvalue weighted by Gasteiger charge is -2.08. The van der Waals surface area contributed by atoms with Crippen molar-refractivity contribution in [3.63, 3.8) is 0 Å². The van der Waals surface area contributed by atoms with Gasteiger partial charge >= 0.3 is 0 Å². The van der Waals surface area contributed by atoms with Crippen molar-refractivity contribution < 1.29 is 0 Å². The largest absolute Gasteiger partial charge is 0.308 e. The first kappa shape index (κ1) is 21.7. The highest BCUT2D eigenvalue weighted by atomic mass is 15.2. The number of nitriles is 1. The van der Waals surface area contributed by atoms with Crippen LogP contribution in [0.25, 0.3) is 87.7 Å². The normalized spacial score (nSPS) is 12.3. The van der Waals surface area contributed by atoms with Gasteiger partial charge in [-0.1, -0.05) is 66.7 Å². The van der Waals surface area contributed by atoms with Gasteiger partial charge in [0, 0.05) is 38.5 Å². The van der Waals surface area contributed by atoms with Crippen LogP contribution in [0.5, 0.6) is 0 Å². The van der Waals surface area contributed by atoms with Gasteiger partial charge in [-0.25, -0.2) is 9.97 Å². The standard InChI is InChI=1S/C36H18N6/c37-19-26-23-12-7-17-38-35(23)40-36(39-26)42-28-14-6-4-11-24(28)32-30(42)18-25-22-10-3-5-13-27(22)41-29-16-15-20-8-1-2-9-21(20)31(29)33(32)34(25)41/h1-18H. The Morgan fingerprint density at radius 2 is 1.31 bits per heavy atom. The summed E-state index contributed by atoms with van der Waals surface area (Å²) >= 11 is 0. The molecular formula is C36H18N6. The fourth-order valence-corrected chi connectivity index (χ4v) is 7.13. The molecule has 10 rings (SSSR count). The lowest BCUT2D eigenvalue weighted by molar-refractivity contribution is 0.994. The van der Waals surface area contributed by atoms with Crippen LogP contribution in [0.15, 0.2) is 109 Å². The predicted molar refractivity (Wildman–Crippen MR) is 169 cm³/mol. The molecule has 0 saturated carbocycles. The van der Waals surface area contributed by atoms with Crippen molar-refractivity contribution in [2.45, 2.75) is 0 Å². The molecule has 0 radical (unpaired) electrons. The maximum Gasteiger partial charge on any atom is 0.238 e. The van der Waals surface area contributed by atoms with Crippen molar-refractivity contribution in [1.82, 2.24) is 23.9 Å². The molecule has 0 aliphatic carbocycles. The van der Waals surface area contributed by atoms with E-state index in [0.29, 0.717) is 22.7 Å². The van der Waals surface area contributed by atoms with Gasteiger partial charge in [-0.05, 0) is 47.2 Å². The highest BCUT2D eigenvalue weighted by Gasteiger charge is 2.25. The first-order chi connectivity index (χ1) is 20.8. The Labute approximate surface area is 237 Å². The van der Waals surface area contributed by atoms with E-state index in [9.17, 15) is 5.26 Å². The van der Waals surface area contributed by atoms with Crippen molar-refractivity contribution >= 4 is 81.7 Å². The maximum atomic E-state index is 10.0. The molecule has 0 atom stereocenters. The molecule has 5 heterocycles. The lowest BCUT2D eigenvalue weighted by atomic mass is 9.98. The van der Waals surface area contributed by atoms with Gasteiger partial charge in [0.1, 0.15) is 6.07 Å². The molecule has 0 saturated heterocycles. The van der Waals surface area contributed by atoms with Crippen molar-refractivity contribution in [2.24, 2.45) is 0 Å². The van der Waals surface area contributed by atoms with Gasteiger partial charge < -0.3 is 4.40 Å². The average Bonchev–Trinajstić information content (AvgIpc) is 3.68. The molecule has 0 amide bonds. The summed E-state index contributed by atoms with van der Waals surface area (Å²) in [5.41, 5.74) is 6.40. The Kier molecular flexibility index (Phi) is 3.91. The summed E-state index contributed by atoms with van der Waals surface area (Å²) in [6, 6.07) is 38.3. The smallest absolute Gasteiger partial charge is 0.238 e. The molecule has 42 heavy (non-hydrogen) atoms. The highest BCUT2D eigenvalue weighted by Crippen LogP contribution is 2.47. The second-order valence-electron chi connectivity index (χ2n) is 10.8. The summed E-state index contributed by atoms with van der Waals surface area (Å²) in [5, 5.41) is 20.2. The topological polar surface area (TPSA) is 71.8 Å². The fourth-order valence-electron chi connectivity index (χ4n) is 7.13. The number of hydrogen-bond acceptors (Lipinski definition) is 4. The van der Waals surface area contributed by atoms with Crippen molar-refractivity contribution in [1.29, 1.82) is 5.26 Å². The maximum absolute atomic E-state index is 10.0. The Balaban J connectivity index is 1.53. The summed E-state index contributed by atoms with van der Waals surface area (Å²) in [7, 11) is 0. The van der Waals surface area contributed by atoms with Crippen molar-refractivity contribution in [2.75, 3.05) is 0 Å². The first-order valence-electron chi connectivity index (χ1n) is 13.9. The van der Waals surface area contributed by atoms with Crippen LogP contribution in [-0.4, -0.2) is 23.9 Å². The van der Waals surface area contributed by atoms with Gasteiger partial charge in [0.25, 0.3) is 0 Å². The Morgan fingerprint density at radius 1 is 0.571 bits per heavy atom. The molecule has 192 valence electrons. The number of para-hydroxylation sites is 2. The van der Waals surface area contributed by atoms with Crippen LogP contribution in [0.2, 0.25) is 0 Å². The highest BCUT2D eigenvalue weighted by molar-refractivity contribution is 6.38. The van der Waals surface area contributed by atoms with Gasteiger partial charge in [-0.3, -0.25) is 4.57 Å².